The van der Waals surface area contributed by atoms with E-state index < -0.39 is 0 Å². The summed E-state index contributed by atoms with van der Waals surface area (Å²) in [5, 5.41) is 0.487. The molecule has 0 heterocycles. The Morgan fingerprint density at radius 1 is 1.36 bits per heavy atom. The molecule has 2 nitrogen and oxygen atoms in total. The monoisotopic (exact) mass is 209 g/mol. The van der Waals surface area contributed by atoms with Gasteiger partial charge in [-0.05, 0) is 12.1 Å². The molecule has 0 amide bonds. The van der Waals surface area contributed by atoms with Crippen molar-refractivity contribution < 1.29 is 4.79 Å². The minimum Gasteiger partial charge on any atom is -0.383 e. The van der Waals surface area contributed by atoms with Crippen molar-refractivity contribution in [3.05, 3.63) is 47.1 Å². The molecule has 0 spiro atoms. The third-order valence-electron chi connectivity index (χ3n) is 1.66. The van der Waals surface area contributed by atoms with E-state index in [9.17, 15) is 4.79 Å². The standard InChI is InChI=1S/C11H12ClNO/c1-13(2)8-7-11(14)9-5-3-4-6-10(9)12/h3-8H,1-2H3. The number of hydrogen-bond donors (Lipinski definition) is 0. The Morgan fingerprint density at radius 3 is 2.57 bits per heavy atom. The van der Waals surface area contributed by atoms with E-state index in [0.717, 1.165) is 0 Å². The second-order valence-corrected chi connectivity index (χ2v) is 3.53. The number of nitrogens with zero attached hydrogens (tertiary/aromatic N) is 1. The first-order chi connectivity index (χ1) is 6.61. The largest absolute Gasteiger partial charge is 0.383 e. The highest BCUT2D eigenvalue weighted by Crippen LogP contribution is 2.15. The van der Waals surface area contributed by atoms with Crippen molar-refractivity contribution in [3.63, 3.8) is 0 Å². The van der Waals surface area contributed by atoms with Gasteiger partial charge in [0.2, 0.25) is 0 Å². The van der Waals surface area contributed by atoms with Gasteiger partial charge in [0.25, 0.3) is 0 Å². The van der Waals surface area contributed by atoms with Gasteiger partial charge in [-0.25, -0.2) is 0 Å². The average molecular weight is 210 g/mol. The van der Waals surface area contributed by atoms with E-state index >= 15 is 0 Å². The van der Waals surface area contributed by atoms with Crippen LogP contribution in [0.5, 0.6) is 0 Å². The van der Waals surface area contributed by atoms with Gasteiger partial charge in [-0.2, -0.15) is 0 Å². The first kappa shape index (κ1) is 10.8. The van der Waals surface area contributed by atoms with Gasteiger partial charge in [-0.15, -0.1) is 0 Å². The molecule has 14 heavy (non-hydrogen) atoms. The third kappa shape index (κ3) is 2.89. The second kappa shape index (κ2) is 4.82. The molecule has 0 aliphatic rings. The number of benzene rings is 1. The van der Waals surface area contributed by atoms with E-state index in [-0.39, 0.29) is 5.78 Å². The van der Waals surface area contributed by atoms with Crippen molar-refractivity contribution >= 4 is 17.4 Å². The molecule has 0 unspecified atom stereocenters. The highest BCUT2D eigenvalue weighted by Gasteiger charge is 2.05. The molecule has 0 bridgehead atoms. The topological polar surface area (TPSA) is 20.3 Å². The van der Waals surface area contributed by atoms with Crippen LogP contribution in [0.4, 0.5) is 0 Å². The Kier molecular flexibility index (Phi) is 3.72. The van der Waals surface area contributed by atoms with Crippen LogP contribution in [0.3, 0.4) is 0 Å². The van der Waals surface area contributed by atoms with Crippen molar-refractivity contribution in [2.45, 2.75) is 0 Å². The van der Waals surface area contributed by atoms with E-state index in [1.165, 1.54) is 6.08 Å². The summed E-state index contributed by atoms with van der Waals surface area (Å²) in [4.78, 5) is 13.4. The zero-order valence-electron chi connectivity index (χ0n) is 8.20. The Bertz CT molecular complexity index is 358. The molecular weight excluding hydrogens is 198 g/mol. The molecule has 0 saturated heterocycles. The second-order valence-electron chi connectivity index (χ2n) is 3.12. The van der Waals surface area contributed by atoms with E-state index in [1.807, 2.05) is 14.1 Å². The van der Waals surface area contributed by atoms with Gasteiger partial charge in [-0.1, -0.05) is 23.7 Å². The van der Waals surface area contributed by atoms with Gasteiger partial charge < -0.3 is 4.90 Å². The summed E-state index contributed by atoms with van der Waals surface area (Å²) in [7, 11) is 3.72. The number of rotatable bonds is 3. The SMILES string of the molecule is CN(C)C=CC(=O)c1ccccc1Cl. The molecule has 0 N–H and O–H groups in total. The number of carbonyl (C=O) groups excluding carboxylic acids is 1. The molecule has 1 aromatic carbocycles. The van der Waals surface area contributed by atoms with Crippen molar-refractivity contribution in [2.24, 2.45) is 0 Å². The molecule has 0 saturated carbocycles. The van der Waals surface area contributed by atoms with E-state index in [2.05, 4.69) is 0 Å². The molecular formula is C11H12ClNO. The number of ketones is 1. The van der Waals surface area contributed by atoms with Gasteiger partial charge in [0, 0.05) is 31.9 Å². The molecule has 0 atom stereocenters. The maximum atomic E-state index is 11.6. The van der Waals surface area contributed by atoms with Crippen molar-refractivity contribution in [1.82, 2.24) is 4.90 Å². The molecule has 0 aliphatic heterocycles. The fraction of sp³-hybridized carbons (Fsp3) is 0.182. The maximum Gasteiger partial charge on any atom is 0.188 e. The molecule has 0 fully saturated rings. The smallest absolute Gasteiger partial charge is 0.188 e. The zero-order chi connectivity index (χ0) is 10.6. The number of allylic oxidation sites excluding steroid dienone is 1. The molecule has 1 aromatic rings. The Hall–Kier alpha value is -1.28. The van der Waals surface area contributed by atoms with Gasteiger partial charge >= 0.3 is 0 Å². The highest BCUT2D eigenvalue weighted by atomic mass is 35.5. The lowest BCUT2D eigenvalue weighted by Crippen LogP contribution is -2.03. The summed E-state index contributed by atoms with van der Waals surface area (Å²) in [6.45, 7) is 0. The Morgan fingerprint density at radius 2 is 2.00 bits per heavy atom. The normalized spacial score (nSPS) is 10.5. The summed E-state index contributed by atoms with van der Waals surface area (Å²) in [5.41, 5.74) is 0.535. The number of carbonyl (C=O) groups is 1. The predicted octanol–water partition coefficient (Wildman–Crippen LogP) is 2.60. The summed E-state index contributed by atoms with van der Waals surface area (Å²) < 4.78 is 0. The third-order valence-corrected chi connectivity index (χ3v) is 1.99. The molecule has 0 radical (unpaired) electrons. The fourth-order valence-electron chi connectivity index (χ4n) is 0.968. The number of halogens is 1. The lowest BCUT2D eigenvalue weighted by molar-refractivity contribution is 0.104. The minimum atomic E-state index is -0.0794. The lowest BCUT2D eigenvalue weighted by atomic mass is 10.1. The summed E-state index contributed by atoms with van der Waals surface area (Å²) in [6.07, 6.45) is 3.20. The molecule has 74 valence electrons. The molecule has 3 heteroatoms. The van der Waals surface area contributed by atoms with Crippen LogP contribution < -0.4 is 0 Å². The first-order valence-electron chi connectivity index (χ1n) is 4.25. The summed E-state index contributed by atoms with van der Waals surface area (Å²) in [5.74, 6) is -0.0794. The quantitative estimate of drug-likeness (QED) is 0.564. The van der Waals surface area contributed by atoms with E-state index in [0.29, 0.717) is 10.6 Å². The zero-order valence-corrected chi connectivity index (χ0v) is 8.95. The van der Waals surface area contributed by atoms with Gasteiger partial charge in [-0.3, -0.25) is 4.79 Å². The predicted molar refractivity (Wildman–Crippen MR) is 58.6 cm³/mol. The van der Waals surface area contributed by atoms with Crippen molar-refractivity contribution in [3.8, 4) is 0 Å². The van der Waals surface area contributed by atoms with Crippen LogP contribution in [-0.2, 0) is 0 Å². The summed E-state index contributed by atoms with van der Waals surface area (Å²) in [6, 6.07) is 7.01. The minimum absolute atomic E-state index is 0.0794. The van der Waals surface area contributed by atoms with Crippen molar-refractivity contribution in [2.75, 3.05) is 14.1 Å². The van der Waals surface area contributed by atoms with Crippen molar-refractivity contribution in [1.29, 1.82) is 0 Å². The highest BCUT2D eigenvalue weighted by molar-refractivity contribution is 6.34. The van der Waals surface area contributed by atoms with E-state index in [1.54, 1.807) is 35.4 Å². The van der Waals surface area contributed by atoms with Gasteiger partial charge in [0.15, 0.2) is 5.78 Å². The van der Waals surface area contributed by atoms with Gasteiger partial charge in [0.05, 0.1) is 5.02 Å². The van der Waals surface area contributed by atoms with Crippen LogP contribution >= 0.6 is 11.6 Å². The molecule has 1 rings (SSSR count). The van der Waals surface area contributed by atoms with Gasteiger partial charge in [0.1, 0.15) is 0 Å². The Labute approximate surface area is 88.8 Å². The maximum absolute atomic E-state index is 11.6. The average Bonchev–Trinajstić information content (AvgIpc) is 2.15. The van der Waals surface area contributed by atoms with Crippen LogP contribution in [0.1, 0.15) is 10.4 Å². The van der Waals surface area contributed by atoms with Crippen LogP contribution in [0.2, 0.25) is 5.02 Å². The first-order valence-corrected chi connectivity index (χ1v) is 4.62. The molecule has 0 aromatic heterocycles. The summed E-state index contributed by atoms with van der Waals surface area (Å²) >= 11 is 5.87. The van der Waals surface area contributed by atoms with Crippen LogP contribution in [0.25, 0.3) is 0 Å². The number of hydrogen-bond acceptors (Lipinski definition) is 2. The van der Waals surface area contributed by atoms with E-state index in [4.69, 9.17) is 11.6 Å². The fourth-order valence-corrected chi connectivity index (χ4v) is 1.20. The lowest BCUT2D eigenvalue weighted by Gasteiger charge is -2.03. The van der Waals surface area contributed by atoms with Crippen LogP contribution in [-0.4, -0.2) is 24.8 Å². The van der Waals surface area contributed by atoms with Crippen LogP contribution in [0.15, 0.2) is 36.5 Å². The Balaban J connectivity index is 2.85. The molecule has 0 aliphatic carbocycles. The van der Waals surface area contributed by atoms with Crippen LogP contribution in [0, 0.1) is 0 Å².